The molecule has 0 saturated heterocycles. The van der Waals surface area contributed by atoms with Gasteiger partial charge in [-0.3, -0.25) is 11.3 Å². The second-order valence-corrected chi connectivity index (χ2v) is 4.42. The maximum Gasteiger partial charge on any atom is 0.128 e. The van der Waals surface area contributed by atoms with Gasteiger partial charge in [-0.2, -0.15) is 0 Å². The normalized spacial score (nSPS) is 17.8. The van der Waals surface area contributed by atoms with E-state index in [1.807, 2.05) is 13.0 Å². The van der Waals surface area contributed by atoms with E-state index < -0.39 is 0 Å². The van der Waals surface area contributed by atoms with Gasteiger partial charge in [0, 0.05) is 11.6 Å². The molecule has 15 heavy (non-hydrogen) atoms. The van der Waals surface area contributed by atoms with Gasteiger partial charge in [-0.05, 0) is 25.3 Å². The number of rotatable bonds is 4. The highest BCUT2D eigenvalue weighted by Crippen LogP contribution is 2.37. The zero-order chi connectivity index (χ0) is 10.8. The predicted octanol–water partition coefficient (Wildman–Crippen LogP) is 2.44. The lowest BCUT2D eigenvalue weighted by Gasteiger charge is -2.17. The molecule has 3 N–H and O–H groups in total. The van der Waals surface area contributed by atoms with Crippen molar-refractivity contribution in [2.45, 2.75) is 32.2 Å². The van der Waals surface area contributed by atoms with Crippen molar-refractivity contribution in [2.24, 2.45) is 11.8 Å². The minimum atomic E-state index is -0.163. The highest BCUT2D eigenvalue weighted by Gasteiger charge is 2.26. The summed E-state index contributed by atoms with van der Waals surface area (Å²) in [5.41, 5.74) is 4.49. The fraction of sp³-hybridized carbons (Fsp3) is 0.500. The molecule has 0 radical (unpaired) electrons. The van der Waals surface area contributed by atoms with Gasteiger partial charge < -0.3 is 0 Å². The van der Waals surface area contributed by atoms with Crippen molar-refractivity contribution in [1.29, 1.82) is 0 Å². The number of nitrogens with two attached hydrogens (primary N) is 1. The molecule has 2 nitrogen and oxygen atoms in total. The number of nitrogens with one attached hydrogen (secondary N) is 1. The van der Waals surface area contributed by atoms with Gasteiger partial charge in [-0.15, -0.1) is 0 Å². The number of hydrazine groups is 1. The van der Waals surface area contributed by atoms with Gasteiger partial charge in [-0.1, -0.05) is 30.5 Å². The summed E-state index contributed by atoms with van der Waals surface area (Å²) in [7, 11) is 0. The molecule has 1 aliphatic rings. The average Bonchev–Trinajstić information content (AvgIpc) is 3.02. The molecule has 2 rings (SSSR count). The lowest BCUT2D eigenvalue weighted by molar-refractivity contribution is 0.463. The predicted molar refractivity (Wildman–Crippen MR) is 58.5 cm³/mol. The van der Waals surface area contributed by atoms with Crippen molar-refractivity contribution < 1.29 is 4.39 Å². The van der Waals surface area contributed by atoms with Gasteiger partial charge in [0.1, 0.15) is 5.82 Å². The Morgan fingerprint density at radius 1 is 1.53 bits per heavy atom. The lowest BCUT2D eigenvalue weighted by atomic mass is 9.99. The second-order valence-electron chi connectivity index (χ2n) is 4.42. The van der Waals surface area contributed by atoms with Gasteiger partial charge in [0.25, 0.3) is 0 Å². The van der Waals surface area contributed by atoms with E-state index in [1.54, 1.807) is 6.07 Å². The first-order valence-electron chi connectivity index (χ1n) is 5.43. The Kier molecular flexibility index (Phi) is 3.03. The van der Waals surface area contributed by atoms with Crippen LogP contribution in [0.5, 0.6) is 0 Å². The number of aryl methyl sites for hydroxylation is 1. The summed E-state index contributed by atoms with van der Waals surface area (Å²) in [6.45, 7) is 1.97. The summed E-state index contributed by atoms with van der Waals surface area (Å²) in [5, 5.41) is 0. The molecule has 0 bridgehead atoms. The quantitative estimate of drug-likeness (QED) is 0.589. The van der Waals surface area contributed by atoms with Gasteiger partial charge in [0.2, 0.25) is 0 Å². The maximum atomic E-state index is 13.6. The fourth-order valence-corrected chi connectivity index (χ4v) is 1.90. The van der Waals surface area contributed by atoms with Crippen molar-refractivity contribution in [1.82, 2.24) is 5.43 Å². The SMILES string of the molecule is Cc1ccc(F)c(C(CC2CC2)NN)c1. The Morgan fingerprint density at radius 2 is 2.27 bits per heavy atom. The zero-order valence-electron chi connectivity index (χ0n) is 8.96. The summed E-state index contributed by atoms with van der Waals surface area (Å²) >= 11 is 0. The number of hydrogen-bond acceptors (Lipinski definition) is 2. The molecular formula is C12H17FN2. The highest BCUT2D eigenvalue weighted by atomic mass is 19.1. The van der Waals surface area contributed by atoms with Crippen molar-refractivity contribution in [3.05, 3.63) is 35.1 Å². The first-order chi connectivity index (χ1) is 7.20. The van der Waals surface area contributed by atoms with Crippen molar-refractivity contribution in [2.75, 3.05) is 0 Å². The first kappa shape index (κ1) is 10.6. The standard InChI is InChI=1S/C12H17FN2/c1-8-2-5-11(13)10(6-8)12(15-14)7-9-3-4-9/h2,5-6,9,12,15H,3-4,7,14H2,1H3. The van der Waals surface area contributed by atoms with Gasteiger partial charge >= 0.3 is 0 Å². The van der Waals surface area contributed by atoms with Crippen LogP contribution in [0.4, 0.5) is 4.39 Å². The van der Waals surface area contributed by atoms with E-state index in [1.165, 1.54) is 18.9 Å². The summed E-state index contributed by atoms with van der Waals surface area (Å²) in [6, 6.07) is 5.13. The summed E-state index contributed by atoms with van der Waals surface area (Å²) in [4.78, 5) is 0. The topological polar surface area (TPSA) is 38.0 Å². The van der Waals surface area contributed by atoms with Crippen LogP contribution in [-0.2, 0) is 0 Å². The Balaban J connectivity index is 2.19. The molecule has 0 amide bonds. The fourth-order valence-electron chi connectivity index (χ4n) is 1.90. The second kappa shape index (κ2) is 4.29. The summed E-state index contributed by atoms with van der Waals surface area (Å²) in [6.07, 6.45) is 3.45. The van der Waals surface area contributed by atoms with E-state index in [4.69, 9.17) is 5.84 Å². The van der Waals surface area contributed by atoms with Crippen LogP contribution in [0.3, 0.4) is 0 Å². The van der Waals surface area contributed by atoms with Crippen molar-refractivity contribution in [3.63, 3.8) is 0 Å². The smallest absolute Gasteiger partial charge is 0.128 e. The van der Waals surface area contributed by atoms with Crippen LogP contribution in [0.1, 0.15) is 36.4 Å². The van der Waals surface area contributed by atoms with E-state index in [0.717, 1.165) is 17.9 Å². The third-order valence-electron chi connectivity index (χ3n) is 2.99. The molecule has 0 aliphatic heterocycles. The molecule has 1 aromatic carbocycles. The largest absolute Gasteiger partial charge is 0.271 e. The Morgan fingerprint density at radius 3 is 2.87 bits per heavy atom. The molecule has 1 aromatic rings. The third kappa shape index (κ3) is 2.55. The molecular weight excluding hydrogens is 191 g/mol. The number of hydrogen-bond donors (Lipinski definition) is 2. The van der Waals surface area contributed by atoms with Crippen LogP contribution in [0.15, 0.2) is 18.2 Å². The summed E-state index contributed by atoms with van der Waals surface area (Å²) in [5.74, 6) is 6.05. The number of benzene rings is 1. The minimum Gasteiger partial charge on any atom is -0.271 e. The van der Waals surface area contributed by atoms with Crippen molar-refractivity contribution >= 4 is 0 Å². The summed E-state index contributed by atoms with van der Waals surface area (Å²) < 4.78 is 13.6. The highest BCUT2D eigenvalue weighted by molar-refractivity contribution is 5.27. The third-order valence-corrected chi connectivity index (χ3v) is 2.99. The molecule has 3 heteroatoms. The van der Waals surface area contributed by atoms with Gasteiger partial charge in [0.05, 0.1) is 0 Å². The molecule has 0 heterocycles. The van der Waals surface area contributed by atoms with Crippen molar-refractivity contribution in [3.8, 4) is 0 Å². The molecule has 1 aliphatic carbocycles. The van der Waals surface area contributed by atoms with Crippen LogP contribution in [0, 0.1) is 18.7 Å². The van der Waals surface area contributed by atoms with E-state index >= 15 is 0 Å². The maximum absolute atomic E-state index is 13.6. The Bertz CT molecular complexity index is 347. The average molecular weight is 208 g/mol. The molecule has 0 aromatic heterocycles. The minimum absolute atomic E-state index is 0.0441. The van der Waals surface area contributed by atoms with E-state index in [0.29, 0.717) is 5.56 Å². The van der Waals surface area contributed by atoms with E-state index in [9.17, 15) is 4.39 Å². The van der Waals surface area contributed by atoms with Crippen LogP contribution < -0.4 is 11.3 Å². The number of halogens is 1. The first-order valence-corrected chi connectivity index (χ1v) is 5.43. The van der Waals surface area contributed by atoms with Gasteiger partial charge in [0.15, 0.2) is 0 Å². The van der Waals surface area contributed by atoms with E-state index in [2.05, 4.69) is 5.43 Å². The zero-order valence-corrected chi connectivity index (χ0v) is 8.96. The molecule has 1 saturated carbocycles. The van der Waals surface area contributed by atoms with E-state index in [-0.39, 0.29) is 11.9 Å². The van der Waals surface area contributed by atoms with Crippen LogP contribution in [-0.4, -0.2) is 0 Å². The van der Waals surface area contributed by atoms with Gasteiger partial charge in [-0.25, -0.2) is 4.39 Å². The molecule has 1 unspecified atom stereocenters. The lowest BCUT2D eigenvalue weighted by Crippen LogP contribution is -2.29. The molecule has 82 valence electrons. The van der Waals surface area contributed by atoms with Crippen LogP contribution in [0.25, 0.3) is 0 Å². The monoisotopic (exact) mass is 208 g/mol. The molecule has 0 spiro atoms. The molecule has 1 atom stereocenters. The Hall–Kier alpha value is -0.930. The molecule has 1 fully saturated rings. The van der Waals surface area contributed by atoms with Crippen LogP contribution >= 0.6 is 0 Å². The Labute approximate surface area is 89.6 Å². The van der Waals surface area contributed by atoms with Crippen LogP contribution in [0.2, 0.25) is 0 Å².